The lowest BCUT2D eigenvalue weighted by Gasteiger charge is -2.35. The number of aliphatic hydroxyl groups excluding tert-OH is 1. The molecule has 2 aromatic rings. The van der Waals surface area contributed by atoms with Crippen molar-refractivity contribution in [1.29, 1.82) is 0 Å². The zero-order valence-corrected chi connectivity index (χ0v) is 14.6. The molecule has 24 heavy (non-hydrogen) atoms. The fraction of sp³-hybridized carbons (Fsp3) is 0.368. The minimum Gasteiger partial charge on any atom is -0.388 e. The number of aliphatic hydroxyl groups is 1. The van der Waals surface area contributed by atoms with Gasteiger partial charge in [0.15, 0.2) is 9.84 Å². The van der Waals surface area contributed by atoms with Crippen LogP contribution in [-0.4, -0.2) is 32.9 Å². The summed E-state index contributed by atoms with van der Waals surface area (Å²) >= 11 is 0. The highest BCUT2D eigenvalue weighted by atomic mass is 32.2. The third-order valence-electron chi connectivity index (χ3n) is 4.76. The van der Waals surface area contributed by atoms with Crippen LogP contribution in [0.1, 0.15) is 24.5 Å². The molecule has 3 rings (SSSR count). The van der Waals surface area contributed by atoms with E-state index in [9.17, 15) is 13.5 Å². The first-order valence-electron chi connectivity index (χ1n) is 8.23. The van der Waals surface area contributed by atoms with Crippen LogP contribution in [0.4, 0.5) is 5.69 Å². The molecule has 1 aliphatic rings. The number of sulfone groups is 1. The summed E-state index contributed by atoms with van der Waals surface area (Å²) < 4.78 is 23.1. The highest BCUT2D eigenvalue weighted by molar-refractivity contribution is 7.90. The zero-order valence-electron chi connectivity index (χ0n) is 13.8. The molecule has 2 aromatic carbocycles. The van der Waals surface area contributed by atoms with Gasteiger partial charge in [0, 0.05) is 25.0 Å². The van der Waals surface area contributed by atoms with Crippen molar-refractivity contribution in [2.45, 2.75) is 23.8 Å². The summed E-state index contributed by atoms with van der Waals surface area (Å²) in [6.45, 7) is 1.74. The predicted octanol–water partition coefficient (Wildman–Crippen LogP) is 3.04. The van der Waals surface area contributed by atoms with Crippen molar-refractivity contribution in [3.63, 3.8) is 0 Å². The topological polar surface area (TPSA) is 57.6 Å². The van der Waals surface area contributed by atoms with E-state index in [0.29, 0.717) is 4.90 Å². The fourth-order valence-corrected chi connectivity index (χ4v) is 3.93. The van der Waals surface area contributed by atoms with E-state index in [0.717, 1.165) is 37.2 Å². The second kappa shape index (κ2) is 6.95. The monoisotopic (exact) mass is 345 g/mol. The molecule has 1 fully saturated rings. The van der Waals surface area contributed by atoms with Crippen molar-refractivity contribution >= 4 is 15.5 Å². The quantitative estimate of drug-likeness (QED) is 0.925. The van der Waals surface area contributed by atoms with Gasteiger partial charge in [-0.1, -0.05) is 30.3 Å². The van der Waals surface area contributed by atoms with E-state index in [1.165, 1.54) is 6.26 Å². The van der Waals surface area contributed by atoms with Crippen LogP contribution in [0, 0.1) is 5.92 Å². The Hall–Kier alpha value is -1.85. The minimum atomic E-state index is -3.15. The first-order valence-corrected chi connectivity index (χ1v) is 10.1. The van der Waals surface area contributed by atoms with Crippen molar-refractivity contribution in [2.75, 3.05) is 24.2 Å². The summed E-state index contributed by atoms with van der Waals surface area (Å²) in [6.07, 6.45) is 2.65. The van der Waals surface area contributed by atoms with Gasteiger partial charge in [-0.05, 0) is 48.6 Å². The zero-order chi connectivity index (χ0) is 17.2. The van der Waals surface area contributed by atoms with Crippen LogP contribution in [0.2, 0.25) is 0 Å². The van der Waals surface area contributed by atoms with E-state index in [2.05, 4.69) is 4.90 Å². The molecule has 1 N–H and O–H groups in total. The van der Waals surface area contributed by atoms with Crippen LogP contribution in [0.15, 0.2) is 59.5 Å². The predicted molar refractivity (Wildman–Crippen MR) is 95.9 cm³/mol. The van der Waals surface area contributed by atoms with Crippen molar-refractivity contribution in [3.05, 3.63) is 60.2 Å². The van der Waals surface area contributed by atoms with E-state index >= 15 is 0 Å². The fourth-order valence-electron chi connectivity index (χ4n) is 3.30. The molecule has 5 heteroatoms. The molecule has 0 aliphatic carbocycles. The average molecular weight is 345 g/mol. The maximum absolute atomic E-state index is 11.5. The first-order chi connectivity index (χ1) is 11.4. The molecule has 0 aromatic heterocycles. The number of rotatable bonds is 4. The Morgan fingerprint density at radius 2 is 1.58 bits per heavy atom. The average Bonchev–Trinajstić information content (AvgIpc) is 2.61. The molecule has 1 aliphatic heterocycles. The summed E-state index contributed by atoms with van der Waals surface area (Å²) in [5.41, 5.74) is 2.02. The minimum absolute atomic E-state index is 0.263. The lowest BCUT2D eigenvalue weighted by atomic mass is 9.87. The molecule has 0 spiro atoms. The second-order valence-corrected chi connectivity index (χ2v) is 8.46. The van der Waals surface area contributed by atoms with Crippen LogP contribution >= 0.6 is 0 Å². The van der Waals surface area contributed by atoms with E-state index in [1.54, 1.807) is 12.1 Å². The van der Waals surface area contributed by atoms with Gasteiger partial charge in [-0.3, -0.25) is 0 Å². The van der Waals surface area contributed by atoms with Crippen LogP contribution in [0.5, 0.6) is 0 Å². The Labute approximate surface area is 143 Å². The highest BCUT2D eigenvalue weighted by Crippen LogP contribution is 2.32. The number of anilines is 1. The maximum atomic E-state index is 11.5. The van der Waals surface area contributed by atoms with Gasteiger partial charge in [0.05, 0.1) is 11.0 Å². The molecule has 0 radical (unpaired) electrons. The van der Waals surface area contributed by atoms with Crippen LogP contribution in [0.3, 0.4) is 0 Å². The normalized spacial score (nSPS) is 17.7. The summed E-state index contributed by atoms with van der Waals surface area (Å²) in [5.74, 6) is 0.263. The molecule has 0 bridgehead atoms. The summed E-state index contributed by atoms with van der Waals surface area (Å²) in [4.78, 5) is 2.60. The van der Waals surface area contributed by atoms with Crippen molar-refractivity contribution < 1.29 is 13.5 Å². The molecular formula is C19H23NO3S. The number of nitrogens with zero attached hydrogens (tertiary/aromatic N) is 1. The summed E-state index contributed by atoms with van der Waals surface area (Å²) in [5, 5.41) is 10.5. The Morgan fingerprint density at radius 1 is 1.00 bits per heavy atom. The molecule has 1 saturated heterocycles. The van der Waals surface area contributed by atoms with Crippen LogP contribution < -0.4 is 4.90 Å². The highest BCUT2D eigenvalue weighted by Gasteiger charge is 2.26. The Balaban J connectivity index is 1.63. The van der Waals surface area contributed by atoms with Gasteiger partial charge in [-0.15, -0.1) is 0 Å². The lowest BCUT2D eigenvalue weighted by molar-refractivity contribution is 0.0930. The Kier molecular flexibility index (Phi) is 4.92. The van der Waals surface area contributed by atoms with Crippen molar-refractivity contribution in [2.24, 2.45) is 5.92 Å². The van der Waals surface area contributed by atoms with E-state index in [1.807, 2.05) is 42.5 Å². The van der Waals surface area contributed by atoms with Crippen LogP contribution in [-0.2, 0) is 9.84 Å². The second-order valence-electron chi connectivity index (χ2n) is 6.45. The van der Waals surface area contributed by atoms with Gasteiger partial charge >= 0.3 is 0 Å². The van der Waals surface area contributed by atoms with Gasteiger partial charge in [0.2, 0.25) is 0 Å². The third-order valence-corrected chi connectivity index (χ3v) is 5.89. The molecule has 4 nitrogen and oxygen atoms in total. The number of benzene rings is 2. The Morgan fingerprint density at radius 3 is 2.12 bits per heavy atom. The van der Waals surface area contributed by atoms with Crippen LogP contribution in [0.25, 0.3) is 0 Å². The molecule has 0 saturated carbocycles. The largest absolute Gasteiger partial charge is 0.388 e. The number of piperidine rings is 1. The smallest absolute Gasteiger partial charge is 0.175 e. The van der Waals surface area contributed by atoms with Gasteiger partial charge in [0.25, 0.3) is 0 Å². The Bertz CT molecular complexity index is 764. The molecule has 1 atom stereocenters. The van der Waals surface area contributed by atoms with E-state index in [4.69, 9.17) is 0 Å². The van der Waals surface area contributed by atoms with Gasteiger partial charge in [-0.25, -0.2) is 8.42 Å². The third kappa shape index (κ3) is 3.79. The van der Waals surface area contributed by atoms with Gasteiger partial charge < -0.3 is 10.0 Å². The lowest BCUT2D eigenvalue weighted by Crippen LogP contribution is -2.35. The molecular weight excluding hydrogens is 322 g/mol. The molecule has 128 valence electrons. The van der Waals surface area contributed by atoms with Gasteiger partial charge in [-0.2, -0.15) is 0 Å². The van der Waals surface area contributed by atoms with E-state index < -0.39 is 15.9 Å². The molecule has 1 heterocycles. The first kappa shape index (κ1) is 17.0. The van der Waals surface area contributed by atoms with Crippen molar-refractivity contribution in [3.8, 4) is 0 Å². The van der Waals surface area contributed by atoms with E-state index in [-0.39, 0.29) is 5.92 Å². The van der Waals surface area contributed by atoms with Gasteiger partial charge in [0.1, 0.15) is 0 Å². The van der Waals surface area contributed by atoms with Crippen molar-refractivity contribution in [1.82, 2.24) is 0 Å². The summed E-state index contributed by atoms with van der Waals surface area (Å²) in [7, 11) is -3.15. The molecule has 0 amide bonds. The summed E-state index contributed by atoms with van der Waals surface area (Å²) in [6, 6.07) is 16.9. The maximum Gasteiger partial charge on any atom is 0.175 e. The number of hydrogen-bond acceptors (Lipinski definition) is 4. The molecule has 0 unspecified atom stereocenters. The standard InChI is InChI=1S/C19H23NO3S/c1-24(22,23)18-9-7-17(8-10-18)20-13-11-16(12-14-20)19(21)15-5-3-2-4-6-15/h2-10,16,19,21H,11-14H2,1H3/t19-/m0/s1. The number of hydrogen-bond donors (Lipinski definition) is 1. The SMILES string of the molecule is CS(=O)(=O)c1ccc(N2CCC([C@@H](O)c3ccccc3)CC2)cc1.